The van der Waals surface area contributed by atoms with Crippen molar-refractivity contribution in [1.82, 2.24) is 9.97 Å². The van der Waals surface area contributed by atoms with Gasteiger partial charge in [0.15, 0.2) is 5.15 Å². The van der Waals surface area contributed by atoms with Gasteiger partial charge in [0.1, 0.15) is 0 Å². The van der Waals surface area contributed by atoms with Crippen LogP contribution in [0.25, 0.3) is 0 Å². The van der Waals surface area contributed by atoms with Gasteiger partial charge in [-0.3, -0.25) is 4.57 Å². The predicted octanol–water partition coefficient (Wildman–Crippen LogP) is -0.428. The molecule has 1 aromatic rings. The van der Waals surface area contributed by atoms with Crippen LogP contribution in [0.15, 0.2) is 0 Å². The molecule has 0 aliphatic rings. The van der Waals surface area contributed by atoms with E-state index in [1.54, 1.807) is 0 Å². The Balaban J connectivity index is 3.18. The van der Waals surface area contributed by atoms with Crippen LogP contribution in [0.4, 0.5) is 0 Å². The first-order valence-corrected chi connectivity index (χ1v) is 4.41. The molecule has 6 nitrogen and oxygen atoms in total. The molecule has 62 valence electrons. The number of hydrogen-bond donors (Lipinski definition) is 4. The summed E-state index contributed by atoms with van der Waals surface area (Å²) in [5, 5.41) is 8.40. The number of imidazole rings is 1. The van der Waals surface area contributed by atoms with E-state index in [-0.39, 0.29) is 5.15 Å². The van der Waals surface area contributed by atoms with Gasteiger partial charge in [0.25, 0.3) is 0 Å². The summed E-state index contributed by atoms with van der Waals surface area (Å²) < 4.78 is 10.4. The number of nitrogens with zero attached hydrogens (tertiary/aromatic N) is 1. The van der Waals surface area contributed by atoms with Crippen molar-refractivity contribution in [2.45, 2.75) is 0 Å². The normalized spacial score (nSPS) is 11.9. The monoisotopic (exact) mass is 198 g/mol. The highest BCUT2D eigenvalue weighted by molar-refractivity contribution is 7.59. The first-order chi connectivity index (χ1) is 4.91. The molecule has 1 aromatic heterocycles. The number of rotatable bonds is 1. The van der Waals surface area contributed by atoms with Crippen molar-refractivity contribution in [3.05, 3.63) is 5.15 Å². The molecular formula is C3H4ClN2O4P. The maximum Gasteiger partial charge on any atom is 0.391 e. The Morgan fingerprint density at radius 2 is 2.09 bits per heavy atom. The van der Waals surface area contributed by atoms with Crippen LogP contribution in [-0.2, 0) is 4.57 Å². The zero-order valence-corrected chi connectivity index (χ0v) is 6.67. The van der Waals surface area contributed by atoms with Crippen LogP contribution in [0.3, 0.4) is 0 Å². The van der Waals surface area contributed by atoms with E-state index in [1.165, 1.54) is 0 Å². The molecule has 0 saturated heterocycles. The van der Waals surface area contributed by atoms with Gasteiger partial charge in [-0.15, -0.1) is 0 Å². The van der Waals surface area contributed by atoms with Gasteiger partial charge in [-0.2, -0.15) is 4.98 Å². The Bertz CT molecular complexity index is 298. The molecule has 0 atom stereocenters. The quantitative estimate of drug-likeness (QED) is 0.458. The van der Waals surface area contributed by atoms with Gasteiger partial charge in [-0.05, 0) is 0 Å². The number of hydrogen-bond acceptors (Lipinski definition) is 3. The van der Waals surface area contributed by atoms with Gasteiger partial charge in [-0.1, -0.05) is 11.6 Å². The molecule has 1 rings (SSSR count). The van der Waals surface area contributed by atoms with Crippen molar-refractivity contribution in [3.8, 4) is 5.88 Å². The molecule has 11 heavy (non-hydrogen) atoms. The minimum atomic E-state index is -4.44. The van der Waals surface area contributed by atoms with E-state index in [4.69, 9.17) is 26.5 Å². The second kappa shape index (κ2) is 2.49. The third kappa shape index (κ3) is 1.72. The number of nitrogens with one attached hydrogen (secondary N) is 1. The zero-order valence-electron chi connectivity index (χ0n) is 5.02. The topological polar surface area (TPSA) is 106 Å². The summed E-state index contributed by atoms with van der Waals surface area (Å²) in [6.07, 6.45) is 0. The third-order valence-electron chi connectivity index (χ3n) is 0.906. The van der Waals surface area contributed by atoms with Crippen LogP contribution < -0.4 is 5.57 Å². The Morgan fingerprint density at radius 1 is 1.55 bits per heavy atom. The first kappa shape index (κ1) is 8.55. The van der Waals surface area contributed by atoms with Crippen molar-refractivity contribution in [2.75, 3.05) is 0 Å². The molecule has 0 fully saturated rings. The Morgan fingerprint density at radius 3 is 2.27 bits per heavy atom. The summed E-state index contributed by atoms with van der Waals surface area (Å²) in [6, 6.07) is 0. The van der Waals surface area contributed by atoms with Gasteiger partial charge < -0.3 is 19.9 Å². The van der Waals surface area contributed by atoms with Gasteiger partial charge in [-0.25, -0.2) is 0 Å². The van der Waals surface area contributed by atoms with E-state index in [9.17, 15) is 4.57 Å². The van der Waals surface area contributed by atoms with Crippen molar-refractivity contribution in [3.63, 3.8) is 0 Å². The maximum absolute atomic E-state index is 10.4. The maximum atomic E-state index is 10.4. The molecule has 0 aliphatic carbocycles. The number of halogens is 1. The van der Waals surface area contributed by atoms with E-state index in [0.717, 1.165) is 0 Å². The standard InChI is InChI=1S/C3H4ClN2O4P/c4-1-2(7)6-3(5-1)11(8,9)10/h7H,(H,5,6)(H2,8,9,10). The fourth-order valence-electron chi connectivity index (χ4n) is 0.469. The van der Waals surface area contributed by atoms with Gasteiger partial charge >= 0.3 is 7.60 Å². The number of aromatic nitrogens is 2. The molecule has 1 heterocycles. The Hall–Kier alpha value is -0.550. The van der Waals surface area contributed by atoms with Crippen LogP contribution in [0.1, 0.15) is 0 Å². The molecule has 8 heteroatoms. The number of aromatic hydroxyl groups is 1. The zero-order chi connectivity index (χ0) is 8.65. The molecular weight excluding hydrogens is 194 g/mol. The van der Waals surface area contributed by atoms with Crippen LogP contribution in [0, 0.1) is 0 Å². The predicted molar refractivity (Wildman–Crippen MR) is 36.9 cm³/mol. The van der Waals surface area contributed by atoms with Crippen LogP contribution in [-0.4, -0.2) is 24.9 Å². The fraction of sp³-hybridized carbons (Fsp3) is 0. The largest absolute Gasteiger partial charge is 0.491 e. The van der Waals surface area contributed by atoms with Gasteiger partial charge in [0.2, 0.25) is 11.4 Å². The molecule has 4 N–H and O–H groups in total. The van der Waals surface area contributed by atoms with Crippen molar-refractivity contribution >= 4 is 24.8 Å². The number of H-pyrrole nitrogens is 1. The van der Waals surface area contributed by atoms with Crippen LogP contribution in [0.5, 0.6) is 5.88 Å². The average molecular weight is 199 g/mol. The van der Waals surface area contributed by atoms with E-state index in [0.29, 0.717) is 0 Å². The first-order valence-electron chi connectivity index (χ1n) is 2.42. The SMILES string of the molecule is O=P(O)(O)c1nc(O)c(Cl)[nH]1. The summed E-state index contributed by atoms with van der Waals surface area (Å²) >= 11 is 5.22. The molecule has 0 aliphatic heterocycles. The van der Waals surface area contributed by atoms with E-state index >= 15 is 0 Å². The van der Waals surface area contributed by atoms with E-state index in [2.05, 4.69) is 4.98 Å². The summed E-state index contributed by atoms with van der Waals surface area (Å²) in [7, 11) is -4.44. The molecule has 0 unspecified atom stereocenters. The smallest absolute Gasteiger partial charge is 0.391 e. The fourth-order valence-corrected chi connectivity index (χ4v) is 1.15. The highest BCUT2D eigenvalue weighted by Gasteiger charge is 2.23. The van der Waals surface area contributed by atoms with E-state index < -0.39 is 19.0 Å². The highest BCUT2D eigenvalue weighted by Crippen LogP contribution is 2.33. The minimum Gasteiger partial charge on any atom is -0.491 e. The lowest BCUT2D eigenvalue weighted by Crippen LogP contribution is -2.07. The minimum absolute atomic E-state index is 0.289. The summed E-state index contributed by atoms with van der Waals surface area (Å²) in [5.74, 6) is -0.620. The molecule has 0 bridgehead atoms. The lowest BCUT2D eigenvalue weighted by molar-refractivity contribution is 0.384. The Labute approximate surface area is 66.0 Å². The Kier molecular flexibility index (Phi) is 1.94. The molecule has 0 amide bonds. The third-order valence-corrected chi connectivity index (χ3v) is 1.93. The molecule has 0 radical (unpaired) electrons. The second-order valence-corrected chi connectivity index (χ2v) is 3.63. The number of aromatic amines is 1. The van der Waals surface area contributed by atoms with Crippen molar-refractivity contribution in [2.24, 2.45) is 0 Å². The van der Waals surface area contributed by atoms with Gasteiger partial charge in [0, 0.05) is 0 Å². The summed E-state index contributed by atoms with van der Waals surface area (Å²) in [6.45, 7) is 0. The highest BCUT2D eigenvalue weighted by atomic mass is 35.5. The van der Waals surface area contributed by atoms with Crippen LogP contribution in [0.2, 0.25) is 5.15 Å². The summed E-state index contributed by atoms with van der Waals surface area (Å²) in [5.41, 5.74) is -0.639. The van der Waals surface area contributed by atoms with E-state index in [1.807, 2.05) is 4.98 Å². The average Bonchev–Trinajstić information content (AvgIpc) is 2.11. The molecule has 0 aromatic carbocycles. The van der Waals surface area contributed by atoms with Crippen LogP contribution >= 0.6 is 19.2 Å². The van der Waals surface area contributed by atoms with Gasteiger partial charge in [0.05, 0.1) is 0 Å². The second-order valence-electron chi connectivity index (χ2n) is 1.74. The van der Waals surface area contributed by atoms with Crippen molar-refractivity contribution in [1.29, 1.82) is 0 Å². The lowest BCUT2D eigenvalue weighted by Gasteiger charge is -1.95. The lowest BCUT2D eigenvalue weighted by atomic mass is 10.9. The summed E-state index contributed by atoms with van der Waals surface area (Å²) in [4.78, 5) is 22.1. The molecule has 0 spiro atoms. The molecule has 0 saturated carbocycles. The van der Waals surface area contributed by atoms with Crippen molar-refractivity contribution < 1.29 is 19.5 Å².